The van der Waals surface area contributed by atoms with Crippen LogP contribution in [0.4, 0.5) is 0 Å². The largest absolute Gasteiger partial charge is 0.441 e. The van der Waals surface area contributed by atoms with Crippen LogP contribution in [0.15, 0.2) is 28.8 Å². The molecule has 1 N–H and O–H groups in total. The van der Waals surface area contributed by atoms with Crippen LogP contribution in [-0.2, 0) is 6.42 Å². The predicted octanol–water partition coefficient (Wildman–Crippen LogP) is 3.84. The van der Waals surface area contributed by atoms with Gasteiger partial charge in [0.15, 0.2) is 11.7 Å². The van der Waals surface area contributed by atoms with Crippen molar-refractivity contribution in [1.82, 2.24) is 10.3 Å². The molecule has 102 valence electrons. The third-order valence-electron chi connectivity index (χ3n) is 2.90. The summed E-state index contributed by atoms with van der Waals surface area (Å²) < 4.78 is 5.74. The lowest BCUT2D eigenvalue weighted by molar-refractivity contribution is 0.484. The smallest absolute Gasteiger partial charge is 0.196 e. The highest BCUT2D eigenvalue weighted by Gasteiger charge is 2.07. The van der Waals surface area contributed by atoms with Crippen molar-refractivity contribution in [3.63, 3.8) is 0 Å². The molecule has 1 aromatic heterocycles. The molecule has 0 fully saturated rings. The highest BCUT2D eigenvalue weighted by molar-refractivity contribution is 6.31. The molecule has 4 heteroatoms. The Kier molecular flexibility index (Phi) is 4.61. The summed E-state index contributed by atoms with van der Waals surface area (Å²) in [5.41, 5.74) is 2.03. The van der Waals surface area contributed by atoms with E-state index in [1.807, 2.05) is 25.1 Å². The first-order valence-corrected chi connectivity index (χ1v) is 6.88. The maximum Gasteiger partial charge on any atom is 0.196 e. The summed E-state index contributed by atoms with van der Waals surface area (Å²) in [4.78, 5) is 4.29. The first-order chi connectivity index (χ1) is 9.06. The Morgan fingerprint density at radius 3 is 2.84 bits per heavy atom. The Hall–Kier alpha value is -1.32. The van der Waals surface area contributed by atoms with Crippen LogP contribution in [0.5, 0.6) is 0 Å². The average Bonchev–Trinajstić information content (AvgIpc) is 2.81. The summed E-state index contributed by atoms with van der Waals surface area (Å²) in [6.45, 7) is 7.09. The summed E-state index contributed by atoms with van der Waals surface area (Å²) in [6.07, 6.45) is 2.55. The van der Waals surface area contributed by atoms with Gasteiger partial charge < -0.3 is 9.73 Å². The van der Waals surface area contributed by atoms with E-state index in [1.165, 1.54) is 0 Å². The van der Waals surface area contributed by atoms with Crippen molar-refractivity contribution in [2.75, 3.05) is 6.54 Å². The monoisotopic (exact) mass is 278 g/mol. The van der Waals surface area contributed by atoms with Crippen LogP contribution >= 0.6 is 11.6 Å². The van der Waals surface area contributed by atoms with Crippen molar-refractivity contribution in [3.05, 3.63) is 40.9 Å². The van der Waals surface area contributed by atoms with Gasteiger partial charge >= 0.3 is 0 Å². The molecule has 2 rings (SSSR count). The second kappa shape index (κ2) is 6.22. The molecule has 0 aliphatic heterocycles. The minimum absolute atomic E-state index is 0.477. The zero-order chi connectivity index (χ0) is 13.8. The first-order valence-electron chi connectivity index (χ1n) is 6.51. The van der Waals surface area contributed by atoms with Crippen LogP contribution in [-0.4, -0.2) is 17.6 Å². The number of benzene rings is 1. The molecule has 1 aromatic carbocycles. The summed E-state index contributed by atoms with van der Waals surface area (Å²) in [6, 6.07) is 6.37. The summed E-state index contributed by atoms with van der Waals surface area (Å²) in [7, 11) is 0. The van der Waals surface area contributed by atoms with Crippen LogP contribution < -0.4 is 5.32 Å². The molecule has 0 saturated heterocycles. The van der Waals surface area contributed by atoms with Gasteiger partial charge in [-0.3, -0.25) is 0 Å². The van der Waals surface area contributed by atoms with Crippen molar-refractivity contribution in [3.8, 4) is 11.3 Å². The van der Waals surface area contributed by atoms with E-state index < -0.39 is 0 Å². The molecule has 0 spiro atoms. The molecular weight excluding hydrogens is 260 g/mol. The van der Waals surface area contributed by atoms with Gasteiger partial charge in [-0.25, -0.2) is 4.98 Å². The number of rotatable bonds is 5. The third kappa shape index (κ3) is 3.82. The molecule has 0 bridgehead atoms. The molecule has 2 aromatic rings. The van der Waals surface area contributed by atoms with E-state index in [0.29, 0.717) is 6.04 Å². The van der Waals surface area contributed by atoms with Crippen LogP contribution in [0, 0.1) is 6.92 Å². The molecule has 0 atom stereocenters. The number of halogens is 1. The quantitative estimate of drug-likeness (QED) is 0.903. The van der Waals surface area contributed by atoms with Crippen LogP contribution in [0.2, 0.25) is 5.02 Å². The number of aromatic nitrogens is 1. The normalized spacial score (nSPS) is 11.2. The highest BCUT2D eigenvalue weighted by Crippen LogP contribution is 2.25. The van der Waals surface area contributed by atoms with Crippen LogP contribution in [0.25, 0.3) is 11.3 Å². The van der Waals surface area contributed by atoms with Crippen molar-refractivity contribution in [1.29, 1.82) is 0 Å². The fourth-order valence-corrected chi connectivity index (χ4v) is 1.95. The van der Waals surface area contributed by atoms with Crippen LogP contribution in [0.1, 0.15) is 25.3 Å². The molecular formula is C15H19ClN2O. The maximum atomic E-state index is 6.12. The van der Waals surface area contributed by atoms with E-state index >= 15 is 0 Å². The van der Waals surface area contributed by atoms with E-state index in [0.717, 1.165) is 40.8 Å². The third-order valence-corrected chi connectivity index (χ3v) is 3.31. The molecule has 0 amide bonds. The Bertz CT molecular complexity index is 549. The second-order valence-corrected chi connectivity index (χ2v) is 5.35. The number of hydrogen-bond acceptors (Lipinski definition) is 3. The molecule has 1 heterocycles. The SMILES string of the molecule is Cc1ccc(-c2cnc(CCNC(C)C)o2)cc1Cl. The number of nitrogens with one attached hydrogen (secondary N) is 1. The summed E-state index contributed by atoms with van der Waals surface area (Å²) in [5.74, 6) is 1.52. The predicted molar refractivity (Wildman–Crippen MR) is 78.5 cm³/mol. The fraction of sp³-hybridized carbons (Fsp3) is 0.400. The second-order valence-electron chi connectivity index (χ2n) is 4.94. The van der Waals surface area contributed by atoms with Crippen molar-refractivity contribution in [2.24, 2.45) is 0 Å². The molecule has 0 aliphatic carbocycles. The van der Waals surface area contributed by atoms with Gasteiger partial charge in [-0.2, -0.15) is 0 Å². The Balaban J connectivity index is 2.05. The van der Waals surface area contributed by atoms with Gasteiger partial charge in [0.2, 0.25) is 0 Å². The summed E-state index contributed by atoms with van der Waals surface area (Å²) >= 11 is 6.12. The van der Waals surface area contributed by atoms with Gasteiger partial charge in [0.1, 0.15) is 0 Å². The zero-order valence-electron chi connectivity index (χ0n) is 11.5. The lowest BCUT2D eigenvalue weighted by atomic mass is 10.1. The van der Waals surface area contributed by atoms with Gasteiger partial charge in [-0.1, -0.05) is 37.6 Å². The van der Waals surface area contributed by atoms with Gasteiger partial charge in [0, 0.05) is 29.6 Å². The Morgan fingerprint density at radius 2 is 2.16 bits per heavy atom. The number of hydrogen-bond donors (Lipinski definition) is 1. The molecule has 3 nitrogen and oxygen atoms in total. The molecule has 0 unspecified atom stereocenters. The summed E-state index contributed by atoms with van der Waals surface area (Å²) in [5, 5.41) is 4.09. The average molecular weight is 279 g/mol. The van der Waals surface area contributed by atoms with Gasteiger partial charge in [-0.05, 0) is 18.6 Å². The fourth-order valence-electron chi connectivity index (χ4n) is 1.77. The standard InChI is InChI=1S/C15H19ClN2O/c1-10(2)17-7-6-15-18-9-14(19-15)12-5-4-11(3)13(16)8-12/h4-5,8-10,17H,6-7H2,1-3H3. The van der Waals surface area contributed by atoms with Crippen molar-refractivity contribution in [2.45, 2.75) is 33.2 Å². The maximum absolute atomic E-state index is 6.12. The molecule has 0 aliphatic rings. The van der Waals surface area contributed by atoms with E-state index in [1.54, 1.807) is 6.20 Å². The first kappa shape index (κ1) is 14.1. The lowest BCUT2D eigenvalue weighted by Gasteiger charge is -2.05. The van der Waals surface area contributed by atoms with Crippen molar-refractivity contribution < 1.29 is 4.42 Å². The molecule has 19 heavy (non-hydrogen) atoms. The van der Waals surface area contributed by atoms with E-state index in [-0.39, 0.29) is 0 Å². The van der Waals surface area contributed by atoms with Gasteiger partial charge in [0.25, 0.3) is 0 Å². The van der Waals surface area contributed by atoms with E-state index in [9.17, 15) is 0 Å². The molecule has 0 radical (unpaired) electrons. The Morgan fingerprint density at radius 1 is 1.37 bits per heavy atom. The minimum Gasteiger partial charge on any atom is -0.441 e. The zero-order valence-corrected chi connectivity index (χ0v) is 12.3. The van der Waals surface area contributed by atoms with E-state index in [2.05, 4.69) is 24.1 Å². The van der Waals surface area contributed by atoms with Crippen molar-refractivity contribution >= 4 is 11.6 Å². The lowest BCUT2D eigenvalue weighted by Crippen LogP contribution is -2.24. The number of oxazole rings is 1. The topological polar surface area (TPSA) is 38.1 Å². The minimum atomic E-state index is 0.477. The van der Waals surface area contributed by atoms with E-state index in [4.69, 9.17) is 16.0 Å². The highest BCUT2D eigenvalue weighted by atomic mass is 35.5. The number of aryl methyl sites for hydroxylation is 1. The van der Waals surface area contributed by atoms with Gasteiger partial charge in [0.05, 0.1) is 6.20 Å². The van der Waals surface area contributed by atoms with Crippen LogP contribution in [0.3, 0.4) is 0 Å². The number of nitrogens with zero attached hydrogens (tertiary/aromatic N) is 1. The molecule has 0 saturated carbocycles. The van der Waals surface area contributed by atoms with Gasteiger partial charge in [-0.15, -0.1) is 0 Å². The Labute approximate surface area is 119 Å².